The minimum atomic E-state index is -0.949. The molecular weight excluding hydrogens is 382 g/mol. The van der Waals surface area contributed by atoms with Gasteiger partial charge in [0.2, 0.25) is 11.8 Å². The highest BCUT2D eigenvalue weighted by Gasteiger charge is 2.44. The van der Waals surface area contributed by atoms with E-state index in [1.54, 1.807) is 24.1 Å². The van der Waals surface area contributed by atoms with Crippen LogP contribution in [0.25, 0.3) is 10.9 Å². The lowest BCUT2D eigenvalue weighted by molar-refractivity contribution is -0.155. The van der Waals surface area contributed by atoms with Crippen LogP contribution in [0.1, 0.15) is 33.2 Å². The van der Waals surface area contributed by atoms with E-state index in [1.165, 1.54) is 4.90 Å². The quantitative estimate of drug-likeness (QED) is 0.727. The first-order valence-electron chi connectivity index (χ1n) is 9.92. The number of carboxylic acids is 1. The van der Waals surface area contributed by atoms with Crippen molar-refractivity contribution in [2.24, 2.45) is 0 Å². The van der Waals surface area contributed by atoms with Crippen LogP contribution in [0.15, 0.2) is 48.5 Å². The summed E-state index contributed by atoms with van der Waals surface area (Å²) in [5, 5.41) is 10.1. The van der Waals surface area contributed by atoms with E-state index >= 15 is 0 Å². The molecule has 3 aromatic rings. The highest BCUT2D eigenvalue weighted by Crippen LogP contribution is 2.40. The predicted octanol–water partition coefficient (Wildman–Crippen LogP) is 2.29. The summed E-state index contributed by atoms with van der Waals surface area (Å²) in [5.74, 6) is -1.02. The van der Waals surface area contributed by atoms with Gasteiger partial charge < -0.3 is 19.5 Å². The van der Waals surface area contributed by atoms with Gasteiger partial charge in [0, 0.05) is 48.7 Å². The Morgan fingerprint density at radius 2 is 1.83 bits per heavy atom. The molecule has 1 atom stereocenters. The zero-order valence-electron chi connectivity index (χ0n) is 16.5. The first-order chi connectivity index (χ1) is 14.5. The normalized spacial score (nSPS) is 18.5. The van der Waals surface area contributed by atoms with Crippen molar-refractivity contribution in [2.75, 3.05) is 20.1 Å². The molecule has 3 heterocycles. The number of aromatic nitrogens is 1. The molecule has 7 nitrogen and oxygen atoms in total. The lowest BCUT2D eigenvalue weighted by Gasteiger charge is -2.42. The number of rotatable bonds is 3. The first kappa shape index (κ1) is 18.4. The molecule has 0 spiro atoms. The van der Waals surface area contributed by atoms with Crippen molar-refractivity contribution in [3.05, 3.63) is 70.9 Å². The summed E-state index contributed by atoms with van der Waals surface area (Å²) < 4.78 is 2.20. The molecule has 30 heavy (non-hydrogen) atoms. The number of para-hydroxylation sites is 1. The molecule has 2 aromatic carbocycles. The maximum atomic E-state index is 13.0. The molecule has 0 bridgehead atoms. The Kier molecular flexibility index (Phi) is 4.13. The number of hydrogen-bond donors (Lipinski definition) is 1. The smallest absolute Gasteiger partial charge is 0.335 e. The zero-order valence-corrected chi connectivity index (χ0v) is 16.5. The van der Waals surface area contributed by atoms with Gasteiger partial charge in [0.05, 0.1) is 12.1 Å². The van der Waals surface area contributed by atoms with Gasteiger partial charge in [0.25, 0.3) is 0 Å². The predicted molar refractivity (Wildman–Crippen MR) is 110 cm³/mol. The third-order valence-electron chi connectivity index (χ3n) is 6.14. The van der Waals surface area contributed by atoms with Crippen molar-refractivity contribution in [2.45, 2.75) is 19.0 Å². The number of amides is 2. The number of carbonyl (C=O) groups is 3. The van der Waals surface area contributed by atoms with Gasteiger partial charge in [-0.3, -0.25) is 9.59 Å². The number of piperazine rings is 1. The molecule has 1 unspecified atom stereocenters. The van der Waals surface area contributed by atoms with Crippen LogP contribution in [0, 0.1) is 0 Å². The van der Waals surface area contributed by atoms with Crippen LogP contribution in [-0.2, 0) is 22.6 Å². The lowest BCUT2D eigenvalue weighted by Crippen LogP contribution is -2.56. The topological polar surface area (TPSA) is 82.8 Å². The van der Waals surface area contributed by atoms with Gasteiger partial charge in [-0.2, -0.15) is 0 Å². The Morgan fingerprint density at radius 1 is 1.10 bits per heavy atom. The second kappa shape index (κ2) is 6.73. The maximum Gasteiger partial charge on any atom is 0.335 e. The van der Waals surface area contributed by atoms with Gasteiger partial charge in [-0.15, -0.1) is 0 Å². The summed E-state index contributed by atoms with van der Waals surface area (Å²) in [7, 11) is 1.68. The molecule has 0 aliphatic carbocycles. The van der Waals surface area contributed by atoms with Crippen molar-refractivity contribution >= 4 is 28.7 Å². The number of benzene rings is 2. The Morgan fingerprint density at radius 3 is 2.57 bits per heavy atom. The maximum absolute atomic E-state index is 13.0. The van der Waals surface area contributed by atoms with Crippen molar-refractivity contribution in [1.82, 2.24) is 14.4 Å². The van der Waals surface area contributed by atoms with Gasteiger partial charge in [-0.05, 0) is 23.8 Å². The molecule has 1 fully saturated rings. The van der Waals surface area contributed by atoms with Crippen LogP contribution in [0.4, 0.5) is 0 Å². The second-order valence-electron chi connectivity index (χ2n) is 7.90. The Bertz CT molecular complexity index is 1200. The number of aromatic carboxylic acids is 1. The molecule has 7 heteroatoms. The average Bonchev–Trinajstić information content (AvgIpc) is 3.06. The Labute approximate surface area is 173 Å². The molecule has 1 saturated heterocycles. The molecule has 0 saturated carbocycles. The first-order valence-corrected chi connectivity index (χ1v) is 9.92. The minimum Gasteiger partial charge on any atom is -0.478 e. The second-order valence-corrected chi connectivity index (χ2v) is 7.90. The molecule has 2 amide bonds. The summed E-state index contributed by atoms with van der Waals surface area (Å²) in [6.45, 7) is 1.21. The van der Waals surface area contributed by atoms with Crippen LogP contribution >= 0.6 is 0 Å². The average molecular weight is 403 g/mol. The fourth-order valence-corrected chi connectivity index (χ4v) is 4.69. The number of likely N-dealkylation sites (N-methyl/N-ethyl adjacent to an activating group) is 1. The van der Waals surface area contributed by atoms with Crippen molar-refractivity contribution in [3.8, 4) is 0 Å². The van der Waals surface area contributed by atoms with Crippen LogP contribution in [-0.4, -0.2) is 57.4 Å². The van der Waals surface area contributed by atoms with E-state index in [4.69, 9.17) is 5.11 Å². The van der Waals surface area contributed by atoms with E-state index in [1.807, 2.05) is 36.4 Å². The van der Waals surface area contributed by atoms with E-state index < -0.39 is 12.0 Å². The SMILES string of the molecule is CN1CC(=O)N2CCc3c(c4ccccc4n3Cc3ccc(C(=O)O)cc3)C2C1=O. The summed E-state index contributed by atoms with van der Waals surface area (Å²) in [4.78, 5) is 40.0. The molecule has 1 aromatic heterocycles. The minimum absolute atomic E-state index is 0.0196. The van der Waals surface area contributed by atoms with Crippen molar-refractivity contribution < 1.29 is 19.5 Å². The summed E-state index contributed by atoms with van der Waals surface area (Å²) in [5.41, 5.74) is 4.23. The van der Waals surface area contributed by atoms with E-state index in [-0.39, 0.29) is 23.9 Å². The van der Waals surface area contributed by atoms with Gasteiger partial charge in [0.15, 0.2) is 0 Å². The number of carbonyl (C=O) groups excluding carboxylic acids is 2. The third-order valence-corrected chi connectivity index (χ3v) is 6.14. The molecule has 5 rings (SSSR count). The summed E-state index contributed by atoms with van der Waals surface area (Å²) in [6.07, 6.45) is 0.677. The summed E-state index contributed by atoms with van der Waals surface area (Å²) in [6, 6.07) is 14.2. The molecular formula is C23H21N3O4. The molecule has 2 aliphatic heterocycles. The lowest BCUT2D eigenvalue weighted by atomic mass is 9.93. The number of carboxylic acid groups (broad SMARTS) is 1. The fraction of sp³-hybridized carbons (Fsp3) is 0.261. The molecule has 2 aliphatic rings. The van der Waals surface area contributed by atoms with Crippen LogP contribution in [0.2, 0.25) is 0 Å². The third kappa shape index (κ3) is 2.69. The van der Waals surface area contributed by atoms with Gasteiger partial charge >= 0.3 is 5.97 Å². The van der Waals surface area contributed by atoms with E-state index in [2.05, 4.69) is 4.57 Å². The van der Waals surface area contributed by atoms with Gasteiger partial charge in [0.1, 0.15) is 6.04 Å². The summed E-state index contributed by atoms with van der Waals surface area (Å²) >= 11 is 0. The van der Waals surface area contributed by atoms with Crippen LogP contribution in [0.5, 0.6) is 0 Å². The highest BCUT2D eigenvalue weighted by atomic mass is 16.4. The van der Waals surface area contributed by atoms with Crippen molar-refractivity contribution in [3.63, 3.8) is 0 Å². The van der Waals surface area contributed by atoms with Crippen molar-refractivity contribution in [1.29, 1.82) is 0 Å². The Hall–Kier alpha value is -3.61. The number of nitrogens with zero attached hydrogens (tertiary/aromatic N) is 3. The molecule has 0 radical (unpaired) electrons. The largest absolute Gasteiger partial charge is 0.478 e. The fourth-order valence-electron chi connectivity index (χ4n) is 4.69. The van der Waals surface area contributed by atoms with E-state index in [0.29, 0.717) is 19.5 Å². The number of fused-ring (bicyclic) bond motifs is 5. The number of hydrogen-bond acceptors (Lipinski definition) is 3. The monoisotopic (exact) mass is 403 g/mol. The zero-order chi connectivity index (χ0) is 21.0. The van der Waals surface area contributed by atoms with E-state index in [9.17, 15) is 14.4 Å². The standard InChI is InChI=1S/C23H21N3O4/c1-24-13-19(27)25-11-10-18-20(21(25)22(24)28)16-4-2-3-5-17(16)26(18)12-14-6-8-15(9-7-14)23(29)30/h2-9,21H,10-13H2,1H3,(H,29,30). The van der Waals surface area contributed by atoms with Crippen LogP contribution < -0.4 is 0 Å². The van der Waals surface area contributed by atoms with Gasteiger partial charge in [-0.1, -0.05) is 30.3 Å². The Balaban J connectivity index is 1.64. The molecule has 1 N–H and O–H groups in total. The van der Waals surface area contributed by atoms with Gasteiger partial charge in [-0.25, -0.2) is 4.79 Å². The van der Waals surface area contributed by atoms with E-state index in [0.717, 1.165) is 27.7 Å². The van der Waals surface area contributed by atoms with Crippen LogP contribution in [0.3, 0.4) is 0 Å². The highest BCUT2D eigenvalue weighted by molar-refractivity contribution is 6.00. The molecule has 152 valence electrons.